The number of nitrogens with zero attached hydrogens (tertiary/aromatic N) is 1. The van der Waals surface area contributed by atoms with Gasteiger partial charge in [0, 0.05) is 26.3 Å². The predicted molar refractivity (Wildman–Crippen MR) is 123 cm³/mol. The number of fused-ring (bicyclic) bond motifs is 1. The van der Waals surface area contributed by atoms with Crippen LogP contribution in [-0.2, 0) is 14.8 Å². The summed E-state index contributed by atoms with van der Waals surface area (Å²) >= 11 is 0. The summed E-state index contributed by atoms with van der Waals surface area (Å²) in [6.45, 7) is 2.61. The average Bonchev–Trinajstić information content (AvgIpc) is 2.73. The maximum atomic E-state index is 12.5. The molecule has 0 unspecified atom stereocenters. The van der Waals surface area contributed by atoms with E-state index < -0.39 is 10.0 Å². The highest BCUT2D eigenvalue weighted by atomic mass is 32.2. The smallest absolute Gasteiger partial charge is 0.243 e. The third-order valence-electron chi connectivity index (χ3n) is 4.61. The molecule has 0 aliphatic carbocycles. The first-order chi connectivity index (χ1) is 14.3. The summed E-state index contributed by atoms with van der Waals surface area (Å²) in [6.07, 6.45) is 0. The van der Waals surface area contributed by atoms with Crippen LogP contribution in [-0.4, -0.2) is 45.8 Å². The summed E-state index contributed by atoms with van der Waals surface area (Å²) in [7, 11) is -0.606. The Balaban J connectivity index is 1.74. The molecule has 0 saturated carbocycles. The van der Waals surface area contributed by atoms with Gasteiger partial charge < -0.3 is 16.0 Å². The van der Waals surface area contributed by atoms with Crippen LogP contribution in [0.2, 0.25) is 0 Å². The molecule has 7 nitrogen and oxygen atoms in total. The van der Waals surface area contributed by atoms with Crippen molar-refractivity contribution in [2.24, 2.45) is 0 Å². The Hall–Kier alpha value is -3.10. The molecule has 30 heavy (non-hydrogen) atoms. The summed E-state index contributed by atoms with van der Waals surface area (Å²) in [4.78, 5) is 12.6. The van der Waals surface area contributed by atoms with E-state index in [1.165, 1.54) is 20.2 Å². The van der Waals surface area contributed by atoms with Crippen LogP contribution in [0.3, 0.4) is 0 Å². The zero-order valence-electron chi connectivity index (χ0n) is 17.3. The third kappa shape index (κ3) is 4.90. The first-order valence-corrected chi connectivity index (χ1v) is 11.1. The SMILES string of the molecule is CCNc1ccc(S(=O)(=O)N(C)C)cc1NCC(=O)Nc1ccc2ccccc2c1. The van der Waals surface area contributed by atoms with Crippen LogP contribution < -0.4 is 16.0 Å². The minimum atomic E-state index is -3.57. The number of anilines is 3. The average molecular weight is 427 g/mol. The zero-order valence-corrected chi connectivity index (χ0v) is 18.1. The molecule has 8 heteroatoms. The van der Waals surface area contributed by atoms with Crippen molar-refractivity contribution in [3.05, 3.63) is 60.7 Å². The Morgan fingerprint density at radius 2 is 1.63 bits per heavy atom. The van der Waals surface area contributed by atoms with Crippen LogP contribution in [0.4, 0.5) is 17.1 Å². The maximum absolute atomic E-state index is 12.5. The van der Waals surface area contributed by atoms with Crippen molar-refractivity contribution < 1.29 is 13.2 Å². The van der Waals surface area contributed by atoms with Crippen LogP contribution in [0.15, 0.2) is 65.6 Å². The highest BCUT2D eigenvalue weighted by molar-refractivity contribution is 7.89. The fourth-order valence-corrected chi connectivity index (χ4v) is 3.96. The molecule has 158 valence electrons. The van der Waals surface area contributed by atoms with E-state index in [4.69, 9.17) is 0 Å². The second-order valence-electron chi connectivity index (χ2n) is 6.99. The van der Waals surface area contributed by atoms with Crippen LogP contribution >= 0.6 is 0 Å². The Labute approximate surface area is 177 Å². The number of sulfonamides is 1. The molecule has 0 fully saturated rings. The van der Waals surface area contributed by atoms with Crippen molar-refractivity contribution in [3.63, 3.8) is 0 Å². The molecular formula is C22H26N4O3S. The molecule has 0 spiro atoms. The topological polar surface area (TPSA) is 90.5 Å². The minimum Gasteiger partial charge on any atom is -0.384 e. The van der Waals surface area contributed by atoms with E-state index in [9.17, 15) is 13.2 Å². The molecule has 0 bridgehead atoms. The predicted octanol–water partition coefficient (Wildman–Crippen LogP) is 3.57. The fraction of sp³-hybridized carbons (Fsp3) is 0.227. The molecule has 1 amide bonds. The lowest BCUT2D eigenvalue weighted by Gasteiger charge is -2.17. The molecule has 3 rings (SSSR count). The highest BCUT2D eigenvalue weighted by Gasteiger charge is 2.19. The quantitative estimate of drug-likeness (QED) is 0.512. The highest BCUT2D eigenvalue weighted by Crippen LogP contribution is 2.26. The number of carbonyl (C=O) groups is 1. The molecule has 0 radical (unpaired) electrons. The summed E-state index contributed by atoms with van der Waals surface area (Å²) < 4.78 is 26.0. The number of carbonyl (C=O) groups excluding carboxylic acids is 1. The van der Waals surface area contributed by atoms with Gasteiger partial charge in [-0.05, 0) is 48.0 Å². The van der Waals surface area contributed by atoms with Gasteiger partial charge in [0.05, 0.1) is 22.8 Å². The Morgan fingerprint density at radius 1 is 0.900 bits per heavy atom. The molecule has 0 atom stereocenters. The Bertz CT molecular complexity index is 1160. The number of amides is 1. The van der Waals surface area contributed by atoms with Crippen molar-refractivity contribution in [1.82, 2.24) is 4.31 Å². The fourth-order valence-electron chi connectivity index (χ4n) is 3.03. The normalized spacial score (nSPS) is 11.5. The van der Waals surface area contributed by atoms with Crippen LogP contribution in [0.1, 0.15) is 6.92 Å². The second kappa shape index (κ2) is 9.15. The molecule has 0 aromatic heterocycles. The van der Waals surface area contributed by atoms with Crippen molar-refractivity contribution in [3.8, 4) is 0 Å². The first-order valence-electron chi connectivity index (χ1n) is 9.64. The Morgan fingerprint density at radius 3 is 2.33 bits per heavy atom. The van der Waals surface area contributed by atoms with E-state index >= 15 is 0 Å². The zero-order chi connectivity index (χ0) is 21.7. The molecule has 0 heterocycles. The van der Waals surface area contributed by atoms with Gasteiger partial charge >= 0.3 is 0 Å². The van der Waals surface area contributed by atoms with Crippen molar-refractivity contribution in [2.45, 2.75) is 11.8 Å². The summed E-state index contributed by atoms with van der Waals surface area (Å²) in [5.41, 5.74) is 1.98. The Kier molecular flexibility index (Phi) is 6.59. The first kappa shape index (κ1) is 21.6. The van der Waals surface area contributed by atoms with Gasteiger partial charge in [-0.15, -0.1) is 0 Å². The lowest BCUT2D eigenvalue weighted by molar-refractivity contribution is -0.114. The summed E-state index contributed by atoms with van der Waals surface area (Å²) in [5.74, 6) is -0.228. The molecular weight excluding hydrogens is 400 g/mol. The van der Waals surface area contributed by atoms with Crippen molar-refractivity contribution in [1.29, 1.82) is 0 Å². The largest absolute Gasteiger partial charge is 0.384 e. The number of nitrogens with one attached hydrogen (secondary N) is 3. The monoisotopic (exact) mass is 426 g/mol. The number of rotatable bonds is 8. The van der Waals surface area contributed by atoms with E-state index in [1.54, 1.807) is 12.1 Å². The number of benzene rings is 3. The van der Waals surface area contributed by atoms with Crippen LogP contribution in [0.25, 0.3) is 10.8 Å². The lowest BCUT2D eigenvalue weighted by Crippen LogP contribution is -2.24. The van der Waals surface area contributed by atoms with E-state index in [2.05, 4.69) is 16.0 Å². The van der Waals surface area contributed by atoms with E-state index in [0.29, 0.717) is 17.9 Å². The van der Waals surface area contributed by atoms with Gasteiger partial charge in [0.2, 0.25) is 15.9 Å². The van der Waals surface area contributed by atoms with Gasteiger partial charge in [-0.2, -0.15) is 0 Å². The van der Waals surface area contributed by atoms with E-state index in [0.717, 1.165) is 20.8 Å². The lowest BCUT2D eigenvalue weighted by atomic mass is 10.1. The van der Waals surface area contributed by atoms with Crippen LogP contribution in [0.5, 0.6) is 0 Å². The maximum Gasteiger partial charge on any atom is 0.243 e. The molecule has 3 aromatic carbocycles. The molecule has 3 aromatic rings. The number of hydrogen-bond donors (Lipinski definition) is 3. The van der Waals surface area contributed by atoms with Gasteiger partial charge in [-0.25, -0.2) is 12.7 Å². The minimum absolute atomic E-state index is 0.00329. The molecule has 3 N–H and O–H groups in total. The van der Waals surface area contributed by atoms with Gasteiger partial charge in [0.25, 0.3) is 0 Å². The third-order valence-corrected chi connectivity index (χ3v) is 6.42. The second-order valence-corrected chi connectivity index (χ2v) is 9.14. The molecule has 0 aliphatic rings. The van der Waals surface area contributed by atoms with Gasteiger partial charge in [0.1, 0.15) is 0 Å². The van der Waals surface area contributed by atoms with Gasteiger partial charge in [-0.1, -0.05) is 30.3 Å². The van der Waals surface area contributed by atoms with Crippen molar-refractivity contribution >= 4 is 43.8 Å². The van der Waals surface area contributed by atoms with E-state index in [1.807, 2.05) is 49.4 Å². The van der Waals surface area contributed by atoms with Crippen LogP contribution in [0, 0.1) is 0 Å². The molecule has 0 saturated heterocycles. The van der Waals surface area contributed by atoms with E-state index in [-0.39, 0.29) is 17.3 Å². The van der Waals surface area contributed by atoms with Crippen molar-refractivity contribution in [2.75, 3.05) is 43.1 Å². The van der Waals surface area contributed by atoms with Gasteiger partial charge in [-0.3, -0.25) is 4.79 Å². The standard InChI is InChI=1S/C22H26N4O3S/c1-4-23-20-12-11-19(30(28,29)26(2)3)14-21(20)24-15-22(27)25-18-10-9-16-7-5-6-8-17(16)13-18/h5-14,23-24H,4,15H2,1-3H3,(H,25,27). The summed E-state index contributed by atoms with van der Waals surface area (Å²) in [6, 6.07) is 18.4. The number of hydrogen-bond acceptors (Lipinski definition) is 5. The summed E-state index contributed by atoms with van der Waals surface area (Å²) in [5, 5.41) is 11.2. The molecule has 0 aliphatic heterocycles. The van der Waals surface area contributed by atoms with Gasteiger partial charge in [0.15, 0.2) is 0 Å².